The maximum absolute atomic E-state index is 13.7. The minimum atomic E-state index is -0.976. The van der Waals surface area contributed by atoms with Gasteiger partial charge in [-0.1, -0.05) is 23.7 Å². The molecule has 14 heteroatoms. The average molecular weight is 789 g/mol. The van der Waals surface area contributed by atoms with Gasteiger partial charge in [-0.05, 0) is 79.6 Å². The molecule has 13 nitrogen and oxygen atoms in total. The molecule has 1 atom stereocenters. The summed E-state index contributed by atoms with van der Waals surface area (Å²) in [4.78, 5) is 80.0. The first-order valence-corrected chi connectivity index (χ1v) is 20.3. The Hall–Kier alpha value is -5.45. The highest BCUT2D eigenvalue weighted by atomic mass is 35.5. The van der Waals surface area contributed by atoms with Crippen molar-refractivity contribution in [1.29, 1.82) is 0 Å². The summed E-state index contributed by atoms with van der Waals surface area (Å²) in [5.74, 6) is -1.47. The molecule has 294 valence electrons. The van der Waals surface area contributed by atoms with Crippen LogP contribution in [0.5, 0.6) is 0 Å². The van der Waals surface area contributed by atoms with E-state index in [0.29, 0.717) is 35.3 Å². The molecule has 1 unspecified atom stereocenters. The molecule has 1 N–H and O–H groups in total. The summed E-state index contributed by atoms with van der Waals surface area (Å²) in [6, 6.07) is 18.2. The van der Waals surface area contributed by atoms with E-state index in [1.54, 1.807) is 12.1 Å². The van der Waals surface area contributed by atoms with Crippen molar-refractivity contribution in [2.45, 2.75) is 38.1 Å². The lowest BCUT2D eigenvalue weighted by atomic mass is 9.77. The number of amides is 5. The fraction of sp³-hybridized carbons (Fsp3) is 0.442. The summed E-state index contributed by atoms with van der Waals surface area (Å²) < 4.78 is 0. The minimum absolute atomic E-state index is 0.0808. The van der Waals surface area contributed by atoms with Gasteiger partial charge < -0.3 is 19.6 Å². The van der Waals surface area contributed by atoms with Crippen molar-refractivity contribution in [2.75, 3.05) is 86.7 Å². The van der Waals surface area contributed by atoms with Crippen molar-refractivity contribution in [3.8, 4) is 0 Å². The Kier molecular flexibility index (Phi) is 9.65. The lowest BCUT2D eigenvalue weighted by Crippen LogP contribution is -2.55. The minimum Gasteiger partial charge on any atom is -0.372 e. The van der Waals surface area contributed by atoms with Gasteiger partial charge in [-0.3, -0.25) is 39.1 Å². The van der Waals surface area contributed by atoms with E-state index in [0.717, 1.165) is 106 Å². The third-order valence-corrected chi connectivity index (χ3v) is 13.4. The maximum atomic E-state index is 13.7. The Bertz CT molecular complexity index is 2200. The van der Waals surface area contributed by atoms with Crippen molar-refractivity contribution in [2.24, 2.45) is 11.3 Å². The van der Waals surface area contributed by atoms with E-state index < -0.39 is 29.7 Å². The van der Waals surface area contributed by atoms with Crippen LogP contribution >= 0.6 is 11.6 Å². The number of carbonyl (C=O) groups is 5. The third-order valence-electron chi connectivity index (χ3n) is 13.1. The number of piperidine rings is 2. The van der Waals surface area contributed by atoms with Gasteiger partial charge in [0, 0.05) is 112 Å². The Morgan fingerprint density at radius 2 is 1.47 bits per heavy atom. The van der Waals surface area contributed by atoms with Crippen molar-refractivity contribution in [3.63, 3.8) is 0 Å². The van der Waals surface area contributed by atoms with Gasteiger partial charge in [-0.15, -0.1) is 0 Å². The normalized spacial score (nSPS) is 22.5. The molecule has 5 fully saturated rings. The number of nitrogens with zero attached hydrogens (tertiary/aromatic N) is 7. The average Bonchev–Trinajstić information content (AvgIpc) is 3.73. The molecule has 3 aromatic carbocycles. The first-order chi connectivity index (χ1) is 27.6. The zero-order valence-corrected chi connectivity index (χ0v) is 32.5. The number of benzene rings is 3. The highest BCUT2D eigenvalue weighted by Crippen LogP contribution is 2.43. The summed E-state index contributed by atoms with van der Waals surface area (Å²) in [5, 5.41) is 2.74. The predicted octanol–water partition coefficient (Wildman–Crippen LogP) is 4.68. The number of hydrogen-bond acceptors (Lipinski definition) is 9. The molecule has 0 saturated carbocycles. The molecule has 5 saturated heterocycles. The van der Waals surface area contributed by atoms with Crippen LogP contribution in [0, 0.1) is 17.9 Å². The van der Waals surface area contributed by atoms with Gasteiger partial charge in [0.15, 0.2) is 0 Å². The topological polar surface area (TPSA) is 121 Å². The lowest BCUT2D eigenvalue weighted by molar-refractivity contribution is -0.136. The third kappa shape index (κ3) is 6.99. The van der Waals surface area contributed by atoms with Crippen molar-refractivity contribution in [1.82, 2.24) is 20.0 Å². The summed E-state index contributed by atoms with van der Waals surface area (Å²) >= 11 is 6.33. The van der Waals surface area contributed by atoms with Crippen LogP contribution in [0.2, 0.25) is 5.02 Å². The lowest BCUT2D eigenvalue weighted by Gasteiger charge is -2.45. The maximum Gasteiger partial charge on any atom is 0.262 e. The summed E-state index contributed by atoms with van der Waals surface area (Å²) in [7, 11) is 0. The predicted molar refractivity (Wildman–Crippen MR) is 216 cm³/mol. The Labute approximate surface area is 336 Å². The first-order valence-electron chi connectivity index (χ1n) is 20.0. The summed E-state index contributed by atoms with van der Waals surface area (Å²) in [5.41, 5.74) is 5.12. The standard InChI is InChI=1S/C43H45ClN8O5/c1-45-36-8-6-32(23-35(36)44)48-14-11-43(12-15-48)13-16-50(27-43)30-4-2-3-29(21-30)40(55)49-19-17-47(18-20-49)24-28-25-51(26-28)31-5-7-33-34(22-31)42(57)52(41(33)56)37-9-10-38(53)46-39(37)54/h2-8,21-23,28,37H,9-20,24-27H2,(H,46,53,54). The van der Waals surface area contributed by atoms with Crippen LogP contribution in [0.3, 0.4) is 0 Å². The van der Waals surface area contributed by atoms with E-state index in [-0.39, 0.29) is 29.7 Å². The van der Waals surface area contributed by atoms with E-state index in [9.17, 15) is 24.0 Å². The van der Waals surface area contributed by atoms with E-state index in [1.807, 2.05) is 41.3 Å². The van der Waals surface area contributed by atoms with Crippen molar-refractivity contribution >= 4 is 63.9 Å². The largest absolute Gasteiger partial charge is 0.372 e. The fourth-order valence-electron chi connectivity index (χ4n) is 9.65. The molecule has 0 bridgehead atoms. The molecule has 57 heavy (non-hydrogen) atoms. The highest BCUT2D eigenvalue weighted by molar-refractivity contribution is 6.33. The zero-order valence-electron chi connectivity index (χ0n) is 31.8. The number of imide groups is 2. The first kappa shape index (κ1) is 37.1. The van der Waals surface area contributed by atoms with Crippen LogP contribution in [0.15, 0.2) is 60.7 Å². The Morgan fingerprint density at radius 1 is 0.789 bits per heavy atom. The smallest absolute Gasteiger partial charge is 0.262 e. The van der Waals surface area contributed by atoms with Crippen LogP contribution in [-0.4, -0.2) is 122 Å². The second kappa shape index (κ2) is 14.8. The van der Waals surface area contributed by atoms with Gasteiger partial charge in [-0.25, -0.2) is 4.85 Å². The molecular weight excluding hydrogens is 744 g/mol. The van der Waals surface area contributed by atoms with Gasteiger partial charge >= 0.3 is 0 Å². The van der Waals surface area contributed by atoms with E-state index in [4.69, 9.17) is 18.2 Å². The number of hydrogen-bond donors (Lipinski definition) is 1. The number of fused-ring (bicyclic) bond motifs is 1. The van der Waals surface area contributed by atoms with Gasteiger partial charge in [0.1, 0.15) is 6.04 Å². The van der Waals surface area contributed by atoms with Gasteiger partial charge in [0.2, 0.25) is 17.5 Å². The highest BCUT2D eigenvalue weighted by Gasteiger charge is 2.45. The molecule has 6 aliphatic heterocycles. The van der Waals surface area contributed by atoms with Crippen LogP contribution in [0.25, 0.3) is 4.85 Å². The molecule has 3 aromatic rings. The molecule has 5 amide bonds. The van der Waals surface area contributed by atoms with Crippen LogP contribution in [0.4, 0.5) is 22.7 Å². The van der Waals surface area contributed by atoms with Crippen LogP contribution in [-0.2, 0) is 9.59 Å². The number of rotatable bonds is 7. The number of nitrogens with one attached hydrogen (secondary N) is 1. The molecule has 0 aromatic heterocycles. The Balaban J connectivity index is 0.737. The number of anilines is 3. The summed E-state index contributed by atoms with van der Waals surface area (Å²) in [6.45, 7) is 16.7. The summed E-state index contributed by atoms with van der Waals surface area (Å²) in [6.07, 6.45) is 3.55. The van der Waals surface area contributed by atoms with E-state index >= 15 is 0 Å². The van der Waals surface area contributed by atoms with Crippen LogP contribution < -0.4 is 20.0 Å². The molecule has 0 radical (unpaired) electrons. The molecule has 6 aliphatic rings. The number of piperazine rings is 1. The number of halogens is 1. The SMILES string of the molecule is [C-]#[N+]c1ccc(N2CCC3(CC2)CCN(c2cccc(C(=O)N4CCN(CC5CN(c6ccc7c(c6)C(=O)N(C6CCC(=O)NC6=O)C7=O)C5)CC4)c2)C3)cc1Cl. The molecule has 1 spiro atoms. The van der Waals surface area contributed by atoms with Crippen LogP contribution in [0.1, 0.15) is 63.2 Å². The molecular formula is C43H45ClN8O5. The molecule has 9 rings (SSSR count). The quantitative estimate of drug-likeness (QED) is 0.269. The van der Waals surface area contributed by atoms with Crippen molar-refractivity contribution < 1.29 is 24.0 Å². The second-order valence-corrected chi connectivity index (χ2v) is 16.9. The molecule has 0 aliphatic carbocycles. The monoisotopic (exact) mass is 788 g/mol. The van der Waals surface area contributed by atoms with Gasteiger partial charge in [0.05, 0.1) is 17.7 Å². The zero-order chi connectivity index (χ0) is 39.4. The Morgan fingerprint density at radius 3 is 2.19 bits per heavy atom. The van der Waals surface area contributed by atoms with E-state index in [1.165, 1.54) is 0 Å². The van der Waals surface area contributed by atoms with Gasteiger partial charge in [0.25, 0.3) is 17.7 Å². The van der Waals surface area contributed by atoms with E-state index in [2.05, 4.69) is 41.9 Å². The fourth-order valence-corrected chi connectivity index (χ4v) is 9.87. The molecule has 6 heterocycles. The second-order valence-electron chi connectivity index (χ2n) is 16.5. The van der Waals surface area contributed by atoms with Crippen molar-refractivity contribution in [3.05, 3.63) is 93.8 Å². The number of carbonyl (C=O) groups excluding carboxylic acids is 5. The van der Waals surface area contributed by atoms with Gasteiger partial charge in [-0.2, -0.15) is 0 Å².